The smallest absolute Gasteiger partial charge is 0.231 e. The van der Waals surface area contributed by atoms with Gasteiger partial charge in [-0.3, -0.25) is 9.69 Å². The first-order valence-corrected chi connectivity index (χ1v) is 6.28. The topological polar surface area (TPSA) is 72.3 Å². The molecule has 1 aliphatic carbocycles. The Morgan fingerprint density at radius 2 is 2.00 bits per heavy atom. The summed E-state index contributed by atoms with van der Waals surface area (Å²) in [5.41, 5.74) is 11.4. The van der Waals surface area contributed by atoms with Gasteiger partial charge in [-0.2, -0.15) is 0 Å². The van der Waals surface area contributed by atoms with Crippen LogP contribution in [0.5, 0.6) is 0 Å². The Bertz CT molecular complexity index is 230. The summed E-state index contributed by atoms with van der Waals surface area (Å²) in [5.74, 6) is 0.284. The van der Waals surface area contributed by atoms with Crippen molar-refractivity contribution in [2.75, 3.05) is 13.1 Å². The van der Waals surface area contributed by atoms with Gasteiger partial charge in [0.15, 0.2) is 0 Å². The van der Waals surface area contributed by atoms with Crippen molar-refractivity contribution in [2.45, 2.75) is 51.6 Å². The monoisotopic (exact) mass is 227 g/mol. The molecule has 2 unspecified atom stereocenters. The second kappa shape index (κ2) is 6.21. The Balaban J connectivity index is 2.61. The van der Waals surface area contributed by atoms with Gasteiger partial charge in [0.1, 0.15) is 0 Å². The summed E-state index contributed by atoms with van der Waals surface area (Å²) in [5, 5.41) is 0. The van der Waals surface area contributed by atoms with Crippen LogP contribution in [0.15, 0.2) is 0 Å². The fourth-order valence-electron chi connectivity index (χ4n) is 2.58. The Labute approximate surface area is 98.3 Å². The van der Waals surface area contributed by atoms with Crippen molar-refractivity contribution in [3.63, 3.8) is 0 Å². The maximum absolute atomic E-state index is 11.1. The van der Waals surface area contributed by atoms with Crippen molar-refractivity contribution < 1.29 is 4.79 Å². The molecular formula is C12H25N3O. The highest BCUT2D eigenvalue weighted by Gasteiger charge is 2.28. The number of carbonyl (C=O) groups excluding carboxylic acids is 1. The molecule has 0 aromatic carbocycles. The van der Waals surface area contributed by atoms with Gasteiger partial charge in [-0.25, -0.2) is 0 Å². The van der Waals surface area contributed by atoms with Crippen LogP contribution in [0.2, 0.25) is 0 Å². The van der Waals surface area contributed by atoms with Crippen molar-refractivity contribution in [3.8, 4) is 0 Å². The number of primary amides is 1. The van der Waals surface area contributed by atoms with Gasteiger partial charge in [-0.15, -0.1) is 0 Å². The van der Waals surface area contributed by atoms with Gasteiger partial charge in [0.05, 0.1) is 6.54 Å². The van der Waals surface area contributed by atoms with Gasteiger partial charge in [0, 0.05) is 18.6 Å². The van der Waals surface area contributed by atoms with Crippen LogP contribution in [0.4, 0.5) is 0 Å². The molecule has 1 fully saturated rings. The molecule has 0 saturated heterocycles. The molecule has 4 N–H and O–H groups in total. The number of hydrogen-bond donors (Lipinski definition) is 2. The Kier molecular flexibility index (Phi) is 5.22. The number of hydrogen-bond acceptors (Lipinski definition) is 3. The molecule has 94 valence electrons. The van der Waals surface area contributed by atoms with Gasteiger partial charge < -0.3 is 11.5 Å². The van der Waals surface area contributed by atoms with E-state index in [2.05, 4.69) is 18.7 Å². The molecule has 0 aliphatic heterocycles. The third kappa shape index (κ3) is 4.10. The van der Waals surface area contributed by atoms with Crippen molar-refractivity contribution in [1.29, 1.82) is 0 Å². The minimum Gasteiger partial charge on any atom is -0.369 e. The van der Waals surface area contributed by atoms with Gasteiger partial charge in [-0.1, -0.05) is 26.7 Å². The van der Waals surface area contributed by atoms with E-state index in [1.807, 2.05) is 0 Å². The van der Waals surface area contributed by atoms with Crippen LogP contribution in [0.25, 0.3) is 0 Å². The lowest BCUT2D eigenvalue weighted by molar-refractivity contribution is -0.120. The normalized spacial score (nSPS) is 26.3. The number of rotatable bonds is 5. The standard InChI is InChI=1S/C12H25N3O/c1-9(2)7-15(8-12(14)16)11-6-4-3-5-10(11)13/h9-11H,3-8,13H2,1-2H3,(H2,14,16). The first-order valence-electron chi connectivity index (χ1n) is 6.28. The fourth-order valence-corrected chi connectivity index (χ4v) is 2.58. The van der Waals surface area contributed by atoms with Crippen LogP contribution in [0, 0.1) is 5.92 Å². The summed E-state index contributed by atoms with van der Waals surface area (Å²) in [6, 6.07) is 0.537. The highest BCUT2D eigenvalue weighted by atomic mass is 16.1. The molecule has 0 aromatic heterocycles. The average Bonchev–Trinajstić information content (AvgIpc) is 2.15. The number of nitrogens with zero attached hydrogens (tertiary/aromatic N) is 1. The molecule has 1 amide bonds. The SMILES string of the molecule is CC(C)CN(CC(N)=O)C1CCCCC1N. The Morgan fingerprint density at radius 3 is 2.50 bits per heavy atom. The number of carbonyl (C=O) groups is 1. The van der Waals surface area contributed by atoms with E-state index in [9.17, 15) is 4.79 Å². The summed E-state index contributed by atoms with van der Waals surface area (Å²) >= 11 is 0. The van der Waals surface area contributed by atoms with Crippen LogP contribution < -0.4 is 11.5 Å². The van der Waals surface area contributed by atoms with Crippen molar-refractivity contribution in [1.82, 2.24) is 4.90 Å². The third-order valence-corrected chi connectivity index (χ3v) is 3.21. The summed E-state index contributed by atoms with van der Waals surface area (Å²) in [4.78, 5) is 13.3. The summed E-state index contributed by atoms with van der Waals surface area (Å²) < 4.78 is 0. The largest absolute Gasteiger partial charge is 0.369 e. The maximum atomic E-state index is 11.1. The predicted octanol–water partition coefficient (Wildman–Crippen LogP) is 0.700. The van der Waals surface area contributed by atoms with Gasteiger partial charge in [-0.05, 0) is 18.8 Å². The molecule has 4 heteroatoms. The summed E-state index contributed by atoms with van der Waals surface area (Å²) in [7, 11) is 0. The molecule has 0 radical (unpaired) electrons. The van der Waals surface area contributed by atoms with Crippen molar-refractivity contribution in [2.24, 2.45) is 17.4 Å². The lowest BCUT2D eigenvalue weighted by Crippen LogP contribution is -2.52. The minimum absolute atomic E-state index is 0.201. The lowest BCUT2D eigenvalue weighted by Gasteiger charge is -2.38. The van der Waals surface area contributed by atoms with Crippen LogP contribution in [-0.2, 0) is 4.79 Å². The van der Waals surface area contributed by atoms with Crippen LogP contribution in [0.1, 0.15) is 39.5 Å². The summed E-state index contributed by atoms with van der Waals surface area (Å²) in [6.45, 7) is 5.56. The molecule has 0 heterocycles. The van der Waals surface area contributed by atoms with Gasteiger partial charge in [0.2, 0.25) is 5.91 Å². The molecule has 0 bridgehead atoms. The maximum Gasteiger partial charge on any atom is 0.231 e. The molecule has 0 spiro atoms. The van der Waals surface area contributed by atoms with Crippen LogP contribution in [-0.4, -0.2) is 36.0 Å². The zero-order valence-corrected chi connectivity index (χ0v) is 10.5. The zero-order chi connectivity index (χ0) is 12.1. The highest BCUT2D eigenvalue weighted by molar-refractivity contribution is 5.76. The van der Waals surface area contributed by atoms with E-state index in [1.165, 1.54) is 12.8 Å². The second-order valence-electron chi connectivity index (χ2n) is 5.31. The Hall–Kier alpha value is -0.610. The Morgan fingerprint density at radius 1 is 1.38 bits per heavy atom. The van der Waals surface area contributed by atoms with E-state index >= 15 is 0 Å². The number of nitrogens with two attached hydrogens (primary N) is 2. The average molecular weight is 227 g/mol. The van der Waals surface area contributed by atoms with Crippen molar-refractivity contribution >= 4 is 5.91 Å². The second-order valence-corrected chi connectivity index (χ2v) is 5.31. The quantitative estimate of drug-likeness (QED) is 0.726. The molecule has 4 nitrogen and oxygen atoms in total. The van der Waals surface area contributed by atoms with E-state index in [0.29, 0.717) is 18.5 Å². The van der Waals surface area contributed by atoms with E-state index in [1.54, 1.807) is 0 Å². The summed E-state index contributed by atoms with van der Waals surface area (Å²) in [6.07, 6.45) is 4.59. The fraction of sp³-hybridized carbons (Fsp3) is 0.917. The molecule has 1 saturated carbocycles. The lowest BCUT2D eigenvalue weighted by atomic mass is 9.89. The molecule has 16 heavy (non-hydrogen) atoms. The van der Waals surface area contributed by atoms with E-state index < -0.39 is 0 Å². The highest BCUT2D eigenvalue weighted by Crippen LogP contribution is 2.22. The van der Waals surface area contributed by atoms with Crippen LogP contribution >= 0.6 is 0 Å². The minimum atomic E-state index is -0.251. The van der Waals surface area contributed by atoms with E-state index in [4.69, 9.17) is 11.5 Å². The first kappa shape index (κ1) is 13.5. The van der Waals surface area contributed by atoms with E-state index in [0.717, 1.165) is 19.4 Å². The predicted molar refractivity (Wildman–Crippen MR) is 65.8 cm³/mol. The molecular weight excluding hydrogens is 202 g/mol. The first-order chi connectivity index (χ1) is 7.50. The van der Waals surface area contributed by atoms with Gasteiger partial charge >= 0.3 is 0 Å². The zero-order valence-electron chi connectivity index (χ0n) is 10.5. The van der Waals surface area contributed by atoms with Crippen LogP contribution in [0.3, 0.4) is 0 Å². The van der Waals surface area contributed by atoms with Crippen molar-refractivity contribution in [3.05, 3.63) is 0 Å². The van der Waals surface area contributed by atoms with Gasteiger partial charge in [0.25, 0.3) is 0 Å². The van der Waals surface area contributed by atoms with E-state index in [-0.39, 0.29) is 11.9 Å². The molecule has 1 rings (SSSR count). The molecule has 1 aliphatic rings. The molecule has 2 atom stereocenters. The third-order valence-electron chi connectivity index (χ3n) is 3.21. The molecule has 0 aromatic rings. The number of amides is 1.